The molecule has 23 heavy (non-hydrogen) atoms. The highest BCUT2D eigenvalue weighted by Gasteiger charge is 2.10. The van der Waals surface area contributed by atoms with Crippen molar-refractivity contribution in [2.75, 3.05) is 5.32 Å². The lowest BCUT2D eigenvalue weighted by molar-refractivity contribution is -0.117. The van der Waals surface area contributed by atoms with Crippen molar-refractivity contribution in [1.82, 2.24) is 9.78 Å². The summed E-state index contributed by atoms with van der Waals surface area (Å²) in [6, 6.07) is 13.1. The molecule has 0 radical (unpaired) electrons. The van der Waals surface area contributed by atoms with Crippen molar-refractivity contribution in [3.05, 3.63) is 74.3 Å². The number of carbonyl (C=O) groups is 1. The number of aromatic nitrogens is 2. The molecule has 0 fully saturated rings. The molecule has 2 N–H and O–H groups in total. The summed E-state index contributed by atoms with van der Waals surface area (Å²) < 4.78 is 0.991. The molecule has 7 heteroatoms. The SMILES string of the molecule is O=C(Cn1[nH]c(=O)c2ccccc2c1=O)Nc1cccc(Cl)c1. The van der Waals surface area contributed by atoms with Gasteiger partial charge in [0.25, 0.3) is 11.1 Å². The molecule has 0 aliphatic heterocycles. The largest absolute Gasteiger partial charge is 0.324 e. The molecule has 1 aromatic heterocycles. The van der Waals surface area contributed by atoms with E-state index in [1.165, 1.54) is 0 Å². The van der Waals surface area contributed by atoms with Gasteiger partial charge in [0.1, 0.15) is 6.54 Å². The van der Waals surface area contributed by atoms with Crippen molar-refractivity contribution in [3.63, 3.8) is 0 Å². The third kappa shape index (κ3) is 3.17. The van der Waals surface area contributed by atoms with E-state index in [-0.39, 0.29) is 11.9 Å². The summed E-state index contributed by atoms with van der Waals surface area (Å²) in [5, 5.41) is 6.08. The normalized spacial score (nSPS) is 10.7. The van der Waals surface area contributed by atoms with Gasteiger partial charge in [0.2, 0.25) is 5.91 Å². The Bertz CT molecular complexity index is 1010. The molecule has 0 bridgehead atoms. The number of benzene rings is 2. The Morgan fingerprint density at radius 1 is 1.09 bits per heavy atom. The number of halogens is 1. The summed E-state index contributed by atoms with van der Waals surface area (Å²) in [6.07, 6.45) is 0. The van der Waals surface area contributed by atoms with E-state index in [2.05, 4.69) is 10.4 Å². The molecule has 116 valence electrons. The van der Waals surface area contributed by atoms with Crippen LogP contribution in [0.15, 0.2) is 58.1 Å². The maximum Gasteiger partial charge on any atom is 0.273 e. The van der Waals surface area contributed by atoms with Crippen molar-refractivity contribution >= 4 is 34.0 Å². The van der Waals surface area contributed by atoms with Gasteiger partial charge < -0.3 is 5.32 Å². The fraction of sp³-hybridized carbons (Fsp3) is 0.0625. The maximum absolute atomic E-state index is 12.3. The van der Waals surface area contributed by atoms with Crippen LogP contribution in [0.4, 0.5) is 5.69 Å². The minimum absolute atomic E-state index is 0.270. The van der Waals surface area contributed by atoms with E-state index in [0.717, 1.165) is 4.68 Å². The summed E-state index contributed by atoms with van der Waals surface area (Å²) in [4.78, 5) is 36.3. The monoisotopic (exact) mass is 329 g/mol. The van der Waals surface area contributed by atoms with Crippen molar-refractivity contribution in [3.8, 4) is 0 Å². The molecule has 1 heterocycles. The molecule has 0 spiro atoms. The number of nitrogens with zero attached hydrogens (tertiary/aromatic N) is 1. The molecule has 0 atom stereocenters. The van der Waals surface area contributed by atoms with Gasteiger partial charge in [0.15, 0.2) is 0 Å². The van der Waals surface area contributed by atoms with E-state index in [1.807, 2.05) is 0 Å². The van der Waals surface area contributed by atoms with Crippen molar-refractivity contribution in [2.45, 2.75) is 6.54 Å². The van der Waals surface area contributed by atoms with Gasteiger partial charge in [-0.25, -0.2) is 4.68 Å². The van der Waals surface area contributed by atoms with Crippen LogP contribution in [0.3, 0.4) is 0 Å². The van der Waals surface area contributed by atoms with Crippen LogP contribution in [-0.2, 0) is 11.3 Å². The topological polar surface area (TPSA) is 84.0 Å². The second-order valence-corrected chi connectivity index (χ2v) is 5.37. The lowest BCUT2D eigenvalue weighted by Gasteiger charge is -2.08. The number of rotatable bonds is 3. The number of nitrogens with one attached hydrogen (secondary N) is 2. The highest BCUT2D eigenvalue weighted by molar-refractivity contribution is 6.30. The van der Waals surface area contributed by atoms with Crippen LogP contribution in [0.25, 0.3) is 10.8 Å². The number of carbonyl (C=O) groups excluding carboxylic acids is 1. The standard InChI is InChI=1S/C16H12ClN3O3/c17-10-4-3-5-11(8-10)18-14(21)9-20-16(23)13-7-2-1-6-12(13)15(22)19-20/h1-8H,9H2,(H,18,21)(H,19,22). The van der Waals surface area contributed by atoms with Crippen LogP contribution in [0.5, 0.6) is 0 Å². The van der Waals surface area contributed by atoms with E-state index in [9.17, 15) is 14.4 Å². The van der Waals surface area contributed by atoms with Crippen LogP contribution < -0.4 is 16.4 Å². The Labute approximate surface area is 135 Å². The van der Waals surface area contributed by atoms with Gasteiger partial charge in [0.05, 0.1) is 10.8 Å². The third-order valence-corrected chi connectivity index (χ3v) is 3.53. The van der Waals surface area contributed by atoms with Gasteiger partial charge in [-0.3, -0.25) is 19.5 Å². The average molecular weight is 330 g/mol. The van der Waals surface area contributed by atoms with E-state index < -0.39 is 17.0 Å². The van der Waals surface area contributed by atoms with Crippen molar-refractivity contribution in [2.24, 2.45) is 0 Å². The van der Waals surface area contributed by atoms with Gasteiger partial charge in [0, 0.05) is 10.7 Å². The molecule has 0 aliphatic rings. The summed E-state index contributed by atoms with van der Waals surface area (Å²) in [7, 11) is 0. The van der Waals surface area contributed by atoms with Crippen LogP contribution in [-0.4, -0.2) is 15.7 Å². The summed E-state index contributed by atoms with van der Waals surface area (Å²) >= 11 is 5.85. The van der Waals surface area contributed by atoms with Gasteiger partial charge >= 0.3 is 0 Å². The summed E-state index contributed by atoms with van der Waals surface area (Å²) in [5.74, 6) is -0.444. The van der Waals surface area contributed by atoms with Crippen LogP contribution in [0, 0.1) is 0 Å². The minimum Gasteiger partial charge on any atom is -0.324 e. The lowest BCUT2D eigenvalue weighted by atomic mass is 10.2. The van der Waals surface area contributed by atoms with Crippen LogP contribution in [0.2, 0.25) is 5.02 Å². The van der Waals surface area contributed by atoms with Crippen LogP contribution in [0.1, 0.15) is 0 Å². The number of anilines is 1. The molecular weight excluding hydrogens is 318 g/mol. The minimum atomic E-state index is -0.444. The predicted octanol–water partition coefficient (Wildman–Crippen LogP) is 1.98. The number of H-pyrrole nitrogens is 1. The molecular formula is C16H12ClN3O3. The number of amides is 1. The molecule has 0 aliphatic carbocycles. The fourth-order valence-corrected chi connectivity index (χ4v) is 2.46. The average Bonchev–Trinajstić information content (AvgIpc) is 2.52. The van der Waals surface area contributed by atoms with Gasteiger partial charge in [-0.15, -0.1) is 0 Å². The first-order valence-corrected chi connectivity index (χ1v) is 7.20. The maximum atomic E-state index is 12.3. The zero-order valence-electron chi connectivity index (χ0n) is 11.9. The molecule has 0 saturated heterocycles. The lowest BCUT2D eigenvalue weighted by Crippen LogP contribution is -2.34. The molecule has 2 aromatic carbocycles. The Morgan fingerprint density at radius 3 is 2.57 bits per heavy atom. The Hall–Kier alpha value is -2.86. The highest BCUT2D eigenvalue weighted by atomic mass is 35.5. The number of hydrogen-bond acceptors (Lipinski definition) is 3. The van der Waals surface area contributed by atoms with Crippen molar-refractivity contribution < 1.29 is 4.79 Å². The second-order valence-electron chi connectivity index (χ2n) is 4.94. The van der Waals surface area contributed by atoms with Gasteiger partial charge in [-0.1, -0.05) is 29.8 Å². The molecule has 0 unspecified atom stereocenters. The Balaban J connectivity index is 1.90. The first-order chi connectivity index (χ1) is 11.0. The van der Waals surface area contributed by atoms with E-state index in [1.54, 1.807) is 48.5 Å². The summed E-state index contributed by atoms with van der Waals surface area (Å²) in [5.41, 5.74) is -0.337. The zero-order chi connectivity index (χ0) is 16.4. The number of fused-ring (bicyclic) bond motifs is 1. The Morgan fingerprint density at radius 2 is 1.83 bits per heavy atom. The first kappa shape index (κ1) is 15.1. The smallest absolute Gasteiger partial charge is 0.273 e. The van der Waals surface area contributed by atoms with E-state index >= 15 is 0 Å². The van der Waals surface area contributed by atoms with Crippen molar-refractivity contribution in [1.29, 1.82) is 0 Å². The molecule has 0 saturated carbocycles. The quantitative estimate of drug-likeness (QED) is 0.770. The fourth-order valence-electron chi connectivity index (χ4n) is 2.27. The predicted molar refractivity (Wildman–Crippen MR) is 88.9 cm³/mol. The molecule has 3 aromatic rings. The van der Waals surface area contributed by atoms with E-state index in [0.29, 0.717) is 16.1 Å². The third-order valence-electron chi connectivity index (χ3n) is 3.29. The van der Waals surface area contributed by atoms with Gasteiger partial charge in [-0.2, -0.15) is 0 Å². The van der Waals surface area contributed by atoms with Crippen LogP contribution >= 0.6 is 11.6 Å². The molecule has 3 rings (SSSR count). The first-order valence-electron chi connectivity index (χ1n) is 6.82. The Kier molecular flexibility index (Phi) is 3.99. The van der Waals surface area contributed by atoms with E-state index in [4.69, 9.17) is 11.6 Å². The highest BCUT2D eigenvalue weighted by Crippen LogP contribution is 2.14. The summed E-state index contributed by atoms with van der Waals surface area (Å²) in [6.45, 7) is -0.300. The zero-order valence-corrected chi connectivity index (χ0v) is 12.6. The number of hydrogen-bond donors (Lipinski definition) is 2. The molecule has 6 nitrogen and oxygen atoms in total. The second kappa shape index (κ2) is 6.10. The number of aromatic amines is 1. The van der Waals surface area contributed by atoms with Gasteiger partial charge in [-0.05, 0) is 30.3 Å². The molecule has 1 amide bonds.